The first-order valence-electron chi connectivity index (χ1n) is 12.2. The van der Waals surface area contributed by atoms with Gasteiger partial charge in [-0.25, -0.2) is 4.98 Å². The van der Waals surface area contributed by atoms with Gasteiger partial charge < -0.3 is 19.7 Å². The van der Waals surface area contributed by atoms with Crippen LogP contribution >= 0.6 is 0 Å². The van der Waals surface area contributed by atoms with Gasteiger partial charge in [0.25, 0.3) is 5.56 Å². The van der Waals surface area contributed by atoms with Gasteiger partial charge >= 0.3 is 0 Å². The molecule has 1 fully saturated rings. The zero-order chi connectivity index (χ0) is 25.9. The minimum absolute atomic E-state index is 0.0245. The van der Waals surface area contributed by atoms with Gasteiger partial charge in [0.2, 0.25) is 11.9 Å². The predicted octanol–water partition coefficient (Wildman–Crippen LogP) is 1.55. The summed E-state index contributed by atoms with van der Waals surface area (Å²) in [4.78, 5) is 36.4. The lowest BCUT2D eigenvalue weighted by molar-refractivity contribution is -0.160. The molecule has 0 radical (unpaired) electrons. The third-order valence-corrected chi connectivity index (χ3v) is 6.35. The fourth-order valence-electron chi connectivity index (χ4n) is 4.41. The van der Waals surface area contributed by atoms with Crippen molar-refractivity contribution in [2.75, 3.05) is 18.5 Å². The van der Waals surface area contributed by atoms with Crippen molar-refractivity contribution in [3.63, 3.8) is 0 Å². The highest BCUT2D eigenvalue weighted by Crippen LogP contribution is 2.41. The van der Waals surface area contributed by atoms with Crippen molar-refractivity contribution in [3.8, 4) is 0 Å². The Balaban J connectivity index is 1.89. The van der Waals surface area contributed by atoms with Gasteiger partial charge in [0.15, 0.2) is 16.9 Å². The maximum absolute atomic E-state index is 12.8. The summed E-state index contributed by atoms with van der Waals surface area (Å²) < 4.78 is 14.1. The van der Waals surface area contributed by atoms with Gasteiger partial charge in [0.05, 0.1) is 12.9 Å². The SMILES string of the molecule is CCCCO[C@@H]1[C@H](O)[C@@H](CO)O[C@@]1(Cc1ccccc1)n1cnc2c(=O)[nH]c(NC(=O)C(C)C)nc21. The first-order valence-corrected chi connectivity index (χ1v) is 12.2. The third-order valence-electron chi connectivity index (χ3n) is 6.35. The third kappa shape index (κ3) is 4.92. The Hall–Kier alpha value is -3.12. The topological polar surface area (TPSA) is 152 Å². The molecule has 4 atom stereocenters. The van der Waals surface area contributed by atoms with E-state index in [0.717, 1.165) is 18.4 Å². The number of H-pyrrole nitrogens is 1. The molecular formula is C25H33N5O6. The first kappa shape index (κ1) is 26.0. The molecule has 4 rings (SSSR count). The Morgan fingerprint density at radius 1 is 1.33 bits per heavy atom. The van der Waals surface area contributed by atoms with Crippen molar-refractivity contribution in [3.05, 3.63) is 52.6 Å². The van der Waals surface area contributed by atoms with E-state index in [4.69, 9.17) is 9.47 Å². The van der Waals surface area contributed by atoms with Crippen molar-refractivity contribution in [1.82, 2.24) is 19.5 Å². The number of rotatable bonds is 10. The molecule has 0 unspecified atom stereocenters. The van der Waals surface area contributed by atoms with Crippen LogP contribution in [0.15, 0.2) is 41.5 Å². The molecule has 1 aliphatic heterocycles. The molecule has 1 aliphatic rings. The van der Waals surface area contributed by atoms with Crippen molar-refractivity contribution in [2.24, 2.45) is 5.92 Å². The van der Waals surface area contributed by atoms with Gasteiger partial charge in [-0.05, 0) is 12.0 Å². The number of aliphatic hydroxyl groups is 2. The molecule has 0 aliphatic carbocycles. The Bertz CT molecular complexity index is 1240. The molecule has 3 aromatic rings. The monoisotopic (exact) mass is 499 g/mol. The van der Waals surface area contributed by atoms with Gasteiger partial charge in [-0.1, -0.05) is 57.5 Å². The molecule has 0 bridgehead atoms. The molecule has 2 aromatic heterocycles. The van der Waals surface area contributed by atoms with E-state index in [-0.39, 0.29) is 35.4 Å². The number of imidazole rings is 1. The molecule has 11 heteroatoms. The number of anilines is 1. The molecule has 1 amide bonds. The second kappa shape index (κ2) is 10.9. The smallest absolute Gasteiger partial charge is 0.280 e. The van der Waals surface area contributed by atoms with Gasteiger partial charge in [0, 0.05) is 18.9 Å². The van der Waals surface area contributed by atoms with Gasteiger partial charge in [0.1, 0.15) is 18.3 Å². The summed E-state index contributed by atoms with van der Waals surface area (Å²) in [5, 5.41) is 23.7. The molecular weight excluding hydrogens is 466 g/mol. The van der Waals surface area contributed by atoms with Crippen molar-refractivity contribution < 1.29 is 24.5 Å². The Morgan fingerprint density at radius 3 is 2.75 bits per heavy atom. The lowest BCUT2D eigenvalue weighted by Crippen LogP contribution is -2.49. The maximum atomic E-state index is 12.8. The number of nitrogens with one attached hydrogen (secondary N) is 2. The minimum atomic E-state index is -1.38. The number of benzene rings is 1. The summed E-state index contributed by atoms with van der Waals surface area (Å²) in [6.07, 6.45) is 0.354. The van der Waals surface area contributed by atoms with E-state index >= 15 is 0 Å². The predicted molar refractivity (Wildman–Crippen MR) is 132 cm³/mol. The second-order valence-electron chi connectivity index (χ2n) is 9.33. The summed E-state index contributed by atoms with van der Waals surface area (Å²) in [5.41, 5.74) is -0.830. The van der Waals surface area contributed by atoms with Crippen LogP contribution in [0.4, 0.5) is 5.95 Å². The Morgan fingerprint density at radius 2 is 2.08 bits per heavy atom. The largest absolute Gasteiger partial charge is 0.394 e. The van der Waals surface area contributed by atoms with Crippen LogP contribution in [0.25, 0.3) is 11.2 Å². The Kier molecular flexibility index (Phi) is 7.84. The fourth-order valence-corrected chi connectivity index (χ4v) is 4.41. The molecule has 1 aromatic carbocycles. The fraction of sp³-hybridized carbons (Fsp3) is 0.520. The van der Waals surface area contributed by atoms with E-state index in [9.17, 15) is 19.8 Å². The number of hydrogen-bond acceptors (Lipinski definition) is 8. The van der Waals surface area contributed by atoms with Gasteiger partial charge in [-0.2, -0.15) is 4.98 Å². The van der Waals surface area contributed by atoms with E-state index in [1.54, 1.807) is 18.4 Å². The number of nitrogens with zero attached hydrogens (tertiary/aromatic N) is 3. The highest BCUT2D eigenvalue weighted by Gasteiger charge is 2.57. The number of unbranched alkanes of at least 4 members (excludes halogenated alkanes) is 1. The number of aromatic nitrogens is 4. The molecule has 11 nitrogen and oxygen atoms in total. The molecule has 1 saturated heterocycles. The molecule has 194 valence electrons. The van der Waals surface area contributed by atoms with Crippen LogP contribution in [-0.4, -0.2) is 67.2 Å². The summed E-state index contributed by atoms with van der Waals surface area (Å²) in [6.45, 7) is 5.43. The van der Waals surface area contributed by atoms with Crippen molar-refractivity contribution in [1.29, 1.82) is 0 Å². The highest BCUT2D eigenvalue weighted by atomic mass is 16.6. The van der Waals surface area contributed by atoms with Crippen LogP contribution in [0, 0.1) is 5.92 Å². The normalized spacial score (nSPS) is 24.0. The van der Waals surface area contributed by atoms with E-state index in [2.05, 4.69) is 20.3 Å². The number of amides is 1. The van der Waals surface area contributed by atoms with E-state index in [1.807, 2.05) is 37.3 Å². The lowest BCUT2D eigenvalue weighted by Gasteiger charge is -2.36. The Labute approximate surface area is 208 Å². The maximum Gasteiger partial charge on any atom is 0.280 e. The molecule has 0 saturated carbocycles. The van der Waals surface area contributed by atoms with Crippen LogP contribution in [0.5, 0.6) is 0 Å². The quantitative estimate of drug-likeness (QED) is 0.307. The molecule has 0 spiro atoms. The number of ether oxygens (including phenoxy) is 2. The second-order valence-corrected chi connectivity index (χ2v) is 9.33. The standard InChI is InChI=1S/C25H33N5O6/c1-4-5-11-35-20-19(32)17(13-31)36-25(20,12-16-9-7-6-8-10-16)30-14-26-18-21(30)27-24(29-23(18)34)28-22(33)15(2)3/h6-10,14-15,17,19-20,31-32H,4-5,11-13H2,1-3H3,(H2,27,28,29,33,34)/t17-,19-,20-,25-/m1/s1. The number of fused-ring (bicyclic) bond motifs is 1. The van der Waals surface area contributed by atoms with Gasteiger partial charge in [-0.3, -0.25) is 24.5 Å². The first-order chi connectivity index (χ1) is 17.3. The number of carbonyl (C=O) groups excluding carboxylic acids is 1. The van der Waals surface area contributed by atoms with E-state index < -0.39 is 36.2 Å². The number of aliphatic hydroxyl groups excluding tert-OH is 2. The van der Waals surface area contributed by atoms with Gasteiger partial charge in [-0.15, -0.1) is 0 Å². The van der Waals surface area contributed by atoms with Crippen LogP contribution < -0.4 is 10.9 Å². The van der Waals surface area contributed by atoms with Crippen LogP contribution in [0.3, 0.4) is 0 Å². The zero-order valence-electron chi connectivity index (χ0n) is 20.7. The van der Waals surface area contributed by atoms with Crippen LogP contribution in [-0.2, 0) is 26.4 Å². The van der Waals surface area contributed by atoms with Crippen molar-refractivity contribution in [2.45, 2.75) is 64.1 Å². The number of hydrogen-bond donors (Lipinski definition) is 4. The average molecular weight is 500 g/mol. The molecule has 4 N–H and O–H groups in total. The minimum Gasteiger partial charge on any atom is -0.394 e. The zero-order valence-corrected chi connectivity index (χ0v) is 20.7. The van der Waals surface area contributed by atoms with E-state index in [0.29, 0.717) is 6.61 Å². The van der Waals surface area contributed by atoms with E-state index in [1.165, 1.54) is 6.33 Å². The van der Waals surface area contributed by atoms with Crippen molar-refractivity contribution >= 4 is 23.0 Å². The van der Waals surface area contributed by atoms with Crippen LogP contribution in [0.2, 0.25) is 0 Å². The lowest BCUT2D eigenvalue weighted by atomic mass is 9.94. The summed E-state index contributed by atoms with van der Waals surface area (Å²) in [5.74, 6) is -0.657. The average Bonchev–Trinajstić information content (AvgIpc) is 3.40. The summed E-state index contributed by atoms with van der Waals surface area (Å²) in [6, 6.07) is 9.50. The highest BCUT2D eigenvalue weighted by molar-refractivity contribution is 5.91. The number of aromatic amines is 1. The molecule has 3 heterocycles. The summed E-state index contributed by atoms with van der Waals surface area (Å²) >= 11 is 0. The summed E-state index contributed by atoms with van der Waals surface area (Å²) in [7, 11) is 0. The van der Waals surface area contributed by atoms with Crippen LogP contribution in [0.1, 0.15) is 39.2 Å². The number of carbonyl (C=O) groups is 1. The molecule has 36 heavy (non-hydrogen) atoms.